The maximum atomic E-state index is 12.8. The van der Waals surface area contributed by atoms with Crippen molar-refractivity contribution < 1.29 is 32.3 Å². The molecule has 0 fully saturated rings. The standard InChI is InChI=1S/C23H19F3N4O4/c1-27-22(33)19-12-18(8-9-28-19)34-17-7-3-6-16(11-17)30-21(32)13-20(31)29-15-5-2-4-14(10-15)23(24,25)26/h2-12H,13H2,1H3,(H,27,33)(H,29,31)(H,30,32). The van der Waals surface area contributed by atoms with Gasteiger partial charge in [-0.25, -0.2) is 0 Å². The smallest absolute Gasteiger partial charge is 0.416 e. The van der Waals surface area contributed by atoms with Crippen molar-refractivity contribution in [1.82, 2.24) is 10.3 Å². The lowest BCUT2D eigenvalue weighted by atomic mass is 10.2. The molecule has 0 saturated heterocycles. The summed E-state index contributed by atoms with van der Waals surface area (Å²) in [6.07, 6.45) is -3.75. The number of aromatic nitrogens is 1. The fraction of sp³-hybridized carbons (Fsp3) is 0.130. The van der Waals surface area contributed by atoms with E-state index in [1.54, 1.807) is 24.3 Å². The Kier molecular flexibility index (Phi) is 7.46. The third-order valence-corrected chi connectivity index (χ3v) is 4.34. The molecular formula is C23H19F3N4O4. The lowest BCUT2D eigenvalue weighted by molar-refractivity contribution is -0.137. The van der Waals surface area contributed by atoms with Gasteiger partial charge in [0.2, 0.25) is 11.8 Å². The molecule has 0 aliphatic heterocycles. The molecule has 0 atom stereocenters. The van der Waals surface area contributed by atoms with E-state index in [1.165, 1.54) is 31.4 Å². The minimum atomic E-state index is -4.55. The zero-order valence-electron chi connectivity index (χ0n) is 17.8. The number of nitrogens with zero attached hydrogens (tertiary/aromatic N) is 1. The van der Waals surface area contributed by atoms with Gasteiger partial charge >= 0.3 is 6.18 Å². The molecule has 0 aliphatic rings. The molecule has 0 saturated carbocycles. The summed E-state index contributed by atoms with van der Waals surface area (Å²) in [5.41, 5.74) is -0.495. The summed E-state index contributed by atoms with van der Waals surface area (Å²) >= 11 is 0. The zero-order valence-corrected chi connectivity index (χ0v) is 17.8. The Morgan fingerprint density at radius 3 is 2.15 bits per heavy atom. The molecule has 0 aliphatic carbocycles. The number of carbonyl (C=O) groups is 3. The van der Waals surface area contributed by atoms with Gasteiger partial charge in [0.1, 0.15) is 23.6 Å². The SMILES string of the molecule is CNC(=O)c1cc(Oc2cccc(NC(=O)CC(=O)Nc3cccc(C(F)(F)F)c3)c2)ccn1. The van der Waals surface area contributed by atoms with Crippen LogP contribution < -0.4 is 20.7 Å². The zero-order chi connectivity index (χ0) is 24.7. The van der Waals surface area contributed by atoms with E-state index in [1.807, 2.05) is 0 Å². The van der Waals surface area contributed by atoms with Gasteiger partial charge < -0.3 is 20.7 Å². The number of nitrogens with one attached hydrogen (secondary N) is 3. The van der Waals surface area contributed by atoms with Crippen molar-refractivity contribution in [3.8, 4) is 11.5 Å². The third-order valence-electron chi connectivity index (χ3n) is 4.34. The van der Waals surface area contributed by atoms with E-state index in [0.717, 1.165) is 18.2 Å². The average molecular weight is 472 g/mol. The van der Waals surface area contributed by atoms with E-state index in [4.69, 9.17) is 4.74 Å². The highest BCUT2D eigenvalue weighted by Crippen LogP contribution is 2.30. The molecular weight excluding hydrogens is 453 g/mol. The van der Waals surface area contributed by atoms with E-state index >= 15 is 0 Å². The van der Waals surface area contributed by atoms with Crippen molar-refractivity contribution >= 4 is 29.1 Å². The number of amides is 3. The number of benzene rings is 2. The Bertz CT molecular complexity index is 1210. The normalized spacial score (nSPS) is 10.8. The van der Waals surface area contributed by atoms with Crippen LogP contribution in [-0.4, -0.2) is 29.8 Å². The molecule has 3 aromatic rings. The molecule has 0 unspecified atom stereocenters. The first kappa shape index (κ1) is 24.2. The summed E-state index contributed by atoms with van der Waals surface area (Å²) in [6.45, 7) is 0. The van der Waals surface area contributed by atoms with E-state index in [2.05, 4.69) is 20.9 Å². The predicted molar refractivity (Wildman–Crippen MR) is 117 cm³/mol. The van der Waals surface area contributed by atoms with Gasteiger partial charge in [-0.1, -0.05) is 12.1 Å². The lowest BCUT2D eigenvalue weighted by Gasteiger charge is -2.11. The van der Waals surface area contributed by atoms with E-state index < -0.39 is 30.0 Å². The van der Waals surface area contributed by atoms with Crippen LogP contribution in [0.25, 0.3) is 0 Å². The van der Waals surface area contributed by atoms with Crippen LogP contribution in [0.5, 0.6) is 11.5 Å². The van der Waals surface area contributed by atoms with Crippen molar-refractivity contribution in [3.05, 3.63) is 78.1 Å². The molecule has 3 N–H and O–H groups in total. The van der Waals surface area contributed by atoms with Gasteiger partial charge in [-0.15, -0.1) is 0 Å². The Morgan fingerprint density at radius 1 is 0.882 bits per heavy atom. The van der Waals surface area contributed by atoms with Crippen LogP contribution >= 0.6 is 0 Å². The first-order valence-electron chi connectivity index (χ1n) is 9.87. The number of rotatable bonds is 7. The maximum absolute atomic E-state index is 12.8. The molecule has 0 spiro atoms. The number of anilines is 2. The van der Waals surface area contributed by atoms with Gasteiger partial charge in [0, 0.05) is 36.8 Å². The number of hydrogen-bond donors (Lipinski definition) is 3. The summed E-state index contributed by atoms with van der Waals surface area (Å²) in [5.74, 6) is -1.14. The first-order valence-corrected chi connectivity index (χ1v) is 9.87. The van der Waals surface area contributed by atoms with Crippen LogP contribution in [0, 0.1) is 0 Å². The monoisotopic (exact) mass is 472 g/mol. The molecule has 1 aromatic heterocycles. The van der Waals surface area contributed by atoms with E-state index in [0.29, 0.717) is 17.2 Å². The minimum absolute atomic E-state index is 0.0727. The van der Waals surface area contributed by atoms with Gasteiger partial charge in [0.25, 0.3) is 5.91 Å². The van der Waals surface area contributed by atoms with Gasteiger partial charge in [0.15, 0.2) is 0 Å². The highest BCUT2D eigenvalue weighted by atomic mass is 19.4. The number of pyridine rings is 1. The summed E-state index contributed by atoms with van der Waals surface area (Å²) in [5, 5.41) is 7.25. The fourth-order valence-electron chi connectivity index (χ4n) is 2.83. The maximum Gasteiger partial charge on any atom is 0.416 e. The van der Waals surface area contributed by atoms with Crippen LogP contribution in [0.3, 0.4) is 0 Å². The van der Waals surface area contributed by atoms with Crippen molar-refractivity contribution in [2.24, 2.45) is 0 Å². The van der Waals surface area contributed by atoms with Gasteiger partial charge in [-0.2, -0.15) is 13.2 Å². The molecule has 8 nitrogen and oxygen atoms in total. The van der Waals surface area contributed by atoms with Crippen molar-refractivity contribution in [1.29, 1.82) is 0 Å². The van der Waals surface area contributed by atoms with E-state index in [-0.39, 0.29) is 17.3 Å². The Morgan fingerprint density at radius 2 is 1.50 bits per heavy atom. The Labute approximate surface area is 192 Å². The highest BCUT2D eigenvalue weighted by molar-refractivity contribution is 6.08. The van der Waals surface area contributed by atoms with E-state index in [9.17, 15) is 27.6 Å². The summed E-state index contributed by atoms with van der Waals surface area (Å²) in [4.78, 5) is 39.9. The fourth-order valence-corrected chi connectivity index (χ4v) is 2.83. The molecule has 11 heteroatoms. The van der Waals surface area contributed by atoms with Gasteiger partial charge in [0.05, 0.1) is 5.56 Å². The molecule has 0 bridgehead atoms. The van der Waals surface area contributed by atoms with Crippen LogP contribution in [0.4, 0.5) is 24.5 Å². The molecule has 34 heavy (non-hydrogen) atoms. The minimum Gasteiger partial charge on any atom is -0.457 e. The lowest BCUT2D eigenvalue weighted by Crippen LogP contribution is -2.21. The Hall–Kier alpha value is -4.41. The van der Waals surface area contributed by atoms with Crippen molar-refractivity contribution in [2.75, 3.05) is 17.7 Å². The summed E-state index contributed by atoms with van der Waals surface area (Å²) < 4.78 is 44.1. The predicted octanol–water partition coefficient (Wildman–Crippen LogP) is 4.22. The molecule has 176 valence electrons. The van der Waals surface area contributed by atoms with Crippen LogP contribution in [0.15, 0.2) is 66.9 Å². The second-order valence-electron chi connectivity index (χ2n) is 6.94. The van der Waals surface area contributed by atoms with Crippen molar-refractivity contribution in [3.63, 3.8) is 0 Å². The molecule has 3 amide bonds. The number of hydrogen-bond acceptors (Lipinski definition) is 5. The summed E-state index contributed by atoms with van der Waals surface area (Å²) in [6, 6.07) is 13.4. The molecule has 2 aromatic carbocycles. The number of ether oxygens (including phenoxy) is 1. The molecule has 0 radical (unpaired) electrons. The third kappa shape index (κ3) is 6.79. The molecule has 1 heterocycles. The van der Waals surface area contributed by atoms with Crippen LogP contribution in [-0.2, 0) is 15.8 Å². The quantitative estimate of drug-likeness (QED) is 0.446. The number of carbonyl (C=O) groups excluding carboxylic acids is 3. The van der Waals surface area contributed by atoms with Gasteiger partial charge in [-0.05, 0) is 36.4 Å². The number of halogens is 3. The average Bonchev–Trinajstić information content (AvgIpc) is 2.78. The largest absolute Gasteiger partial charge is 0.457 e. The van der Waals surface area contributed by atoms with Gasteiger partial charge in [-0.3, -0.25) is 19.4 Å². The van der Waals surface area contributed by atoms with Crippen LogP contribution in [0.1, 0.15) is 22.5 Å². The Balaban J connectivity index is 1.59. The topological polar surface area (TPSA) is 109 Å². The second kappa shape index (κ2) is 10.5. The second-order valence-corrected chi connectivity index (χ2v) is 6.94. The number of alkyl halides is 3. The highest BCUT2D eigenvalue weighted by Gasteiger charge is 2.30. The van der Waals surface area contributed by atoms with Crippen molar-refractivity contribution in [2.45, 2.75) is 12.6 Å². The molecule has 3 rings (SSSR count). The summed E-state index contributed by atoms with van der Waals surface area (Å²) in [7, 11) is 1.48. The van der Waals surface area contributed by atoms with Crippen LogP contribution in [0.2, 0.25) is 0 Å². The first-order chi connectivity index (χ1) is 16.1.